The summed E-state index contributed by atoms with van der Waals surface area (Å²) in [4.78, 5) is 10.3. The van der Waals surface area contributed by atoms with Crippen molar-refractivity contribution in [3.05, 3.63) is 88.5 Å². The molecule has 3 rings (SSSR count). The number of phenolic OH excluding ortho intramolecular Hbond substituents is 1. The van der Waals surface area contributed by atoms with Crippen LogP contribution >= 0.6 is 0 Å². The van der Waals surface area contributed by atoms with E-state index in [0.717, 1.165) is 18.2 Å². The molecular weight excluding hydrogens is 424 g/mol. The van der Waals surface area contributed by atoms with Gasteiger partial charge in [0.2, 0.25) is 16.2 Å². The summed E-state index contributed by atoms with van der Waals surface area (Å²) >= 11 is 0. The van der Waals surface area contributed by atoms with Crippen LogP contribution in [-0.4, -0.2) is 18.4 Å². The van der Waals surface area contributed by atoms with Gasteiger partial charge in [-0.1, -0.05) is 30.3 Å². The molecule has 0 saturated carbocycles. The topological polar surface area (TPSA) is 173 Å². The van der Waals surface area contributed by atoms with E-state index < -0.39 is 21.1 Å². The van der Waals surface area contributed by atoms with Crippen LogP contribution in [-0.2, 0) is 10.0 Å². The molecule has 3 aromatic carbocycles. The van der Waals surface area contributed by atoms with Gasteiger partial charge in [-0.25, -0.2) is 13.6 Å². The Hall–Kier alpha value is -4.03. The van der Waals surface area contributed by atoms with Crippen LogP contribution in [0.2, 0.25) is 0 Å². The van der Waals surface area contributed by atoms with Crippen LogP contribution in [0.5, 0.6) is 5.75 Å². The first kappa shape index (κ1) is 21.7. The molecule has 12 heteroatoms. The van der Waals surface area contributed by atoms with E-state index in [1.165, 1.54) is 24.3 Å². The highest BCUT2D eigenvalue weighted by molar-refractivity contribution is 7.89. The smallest absolute Gasteiger partial charge is 0.271 e. The number of hydrogen-bond acceptors (Lipinski definition) is 9. The number of nitrogens with zero attached hydrogens (tertiary/aromatic N) is 5. The van der Waals surface area contributed by atoms with Crippen LogP contribution in [0.25, 0.3) is 0 Å². The van der Waals surface area contributed by atoms with Gasteiger partial charge in [0.15, 0.2) is 0 Å². The standard InChI is InChI=1S/C19H16N6O5S/c20-31(29,30)16-9-6-14(7-10-16)21-23-19(13-4-2-1-3-5-13)24-22-17-12-15(25(27)28)8-11-18(17)26/h1-12,19,26H,(H2,20,29,30). The lowest BCUT2D eigenvalue weighted by atomic mass is 10.2. The molecule has 0 aliphatic rings. The number of nitro groups is 1. The zero-order valence-electron chi connectivity index (χ0n) is 15.8. The minimum atomic E-state index is -3.82. The van der Waals surface area contributed by atoms with E-state index in [4.69, 9.17) is 5.14 Å². The number of primary sulfonamides is 1. The third-order valence-corrected chi connectivity index (χ3v) is 4.92. The SMILES string of the molecule is NS(=O)(=O)c1ccc(N=NC(N=Nc2cc([N+](=O)[O-])ccc2O)c2ccccc2)cc1. The van der Waals surface area contributed by atoms with E-state index in [1.54, 1.807) is 30.3 Å². The number of rotatable bonds is 7. The van der Waals surface area contributed by atoms with Crippen LogP contribution in [0, 0.1) is 10.1 Å². The molecule has 0 aromatic heterocycles. The molecule has 0 bridgehead atoms. The van der Waals surface area contributed by atoms with Crippen molar-refractivity contribution in [3.8, 4) is 5.75 Å². The second-order valence-electron chi connectivity index (χ2n) is 6.18. The van der Waals surface area contributed by atoms with Crippen LogP contribution < -0.4 is 5.14 Å². The molecule has 0 aliphatic heterocycles. The lowest BCUT2D eigenvalue weighted by molar-refractivity contribution is -0.384. The molecule has 0 heterocycles. The van der Waals surface area contributed by atoms with Crippen LogP contribution in [0.1, 0.15) is 11.7 Å². The molecule has 158 valence electrons. The number of non-ortho nitro benzene ring substituents is 1. The van der Waals surface area contributed by atoms with Gasteiger partial charge in [-0.2, -0.15) is 15.3 Å². The predicted molar refractivity (Wildman–Crippen MR) is 111 cm³/mol. The molecule has 0 aliphatic carbocycles. The molecule has 3 aromatic rings. The monoisotopic (exact) mass is 440 g/mol. The molecule has 0 radical (unpaired) electrons. The molecule has 0 fully saturated rings. The molecule has 0 saturated heterocycles. The Morgan fingerprint density at radius 2 is 1.58 bits per heavy atom. The van der Waals surface area contributed by atoms with Crippen molar-refractivity contribution < 1.29 is 18.4 Å². The van der Waals surface area contributed by atoms with E-state index in [-0.39, 0.29) is 22.0 Å². The summed E-state index contributed by atoms with van der Waals surface area (Å²) in [6.07, 6.45) is -0.919. The largest absolute Gasteiger partial charge is 0.506 e. The Kier molecular flexibility index (Phi) is 6.43. The van der Waals surface area contributed by atoms with Crippen molar-refractivity contribution in [1.29, 1.82) is 0 Å². The third-order valence-electron chi connectivity index (χ3n) is 3.99. The van der Waals surface area contributed by atoms with E-state index in [1.807, 2.05) is 0 Å². The Bertz CT molecular complexity index is 1240. The van der Waals surface area contributed by atoms with Gasteiger partial charge in [0.25, 0.3) is 5.69 Å². The van der Waals surface area contributed by atoms with Crippen molar-refractivity contribution in [1.82, 2.24) is 0 Å². The first-order valence-electron chi connectivity index (χ1n) is 8.71. The maximum atomic E-state index is 11.3. The number of nitrogens with two attached hydrogens (primary N) is 1. The summed E-state index contributed by atoms with van der Waals surface area (Å²) in [5, 5.41) is 42.1. The van der Waals surface area contributed by atoms with Crippen LogP contribution in [0.3, 0.4) is 0 Å². The first-order valence-corrected chi connectivity index (χ1v) is 10.3. The number of nitro benzene ring substituents is 1. The first-order chi connectivity index (χ1) is 14.7. The lowest BCUT2D eigenvalue weighted by Crippen LogP contribution is -2.11. The minimum Gasteiger partial charge on any atom is -0.506 e. The highest BCUT2D eigenvalue weighted by Gasteiger charge is 2.13. The van der Waals surface area contributed by atoms with Gasteiger partial charge in [0, 0.05) is 17.7 Å². The highest BCUT2D eigenvalue weighted by atomic mass is 32.2. The fourth-order valence-corrected chi connectivity index (χ4v) is 2.94. The fraction of sp³-hybridized carbons (Fsp3) is 0.0526. The Morgan fingerprint density at radius 3 is 2.19 bits per heavy atom. The van der Waals surface area contributed by atoms with E-state index in [2.05, 4.69) is 20.5 Å². The molecule has 1 unspecified atom stereocenters. The Morgan fingerprint density at radius 1 is 0.935 bits per heavy atom. The number of phenols is 1. The van der Waals surface area contributed by atoms with Crippen LogP contribution in [0.4, 0.5) is 17.1 Å². The van der Waals surface area contributed by atoms with Gasteiger partial charge in [0.05, 0.1) is 15.5 Å². The highest BCUT2D eigenvalue weighted by Crippen LogP contribution is 2.32. The van der Waals surface area contributed by atoms with Crippen molar-refractivity contribution in [2.45, 2.75) is 11.1 Å². The molecular formula is C19H16N6O5S. The van der Waals surface area contributed by atoms with Gasteiger partial charge < -0.3 is 5.11 Å². The van der Waals surface area contributed by atoms with Crippen LogP contribution in [0.15, 0.2) is 98.1 Å². The number of azo groups is 2. The second kappa shape index (κ2) is 9.19. The van der Waals surface area contributed by atoms with E-state index in [0.29, 0.717) is 11.3 Å². The van der Waals surface area contributed by atoms with Gasteiger partial charge in [-0.15, -0.1) is 5.11 Å². The third kappa shape index (κ3) is 5.74. The normalized spacial score (nSPS) is 12.9. The molecule has 1 atom stereocenters. The van der Waals surface area contributed by atoms with Crippen molar-refractivity contribution in [2.24, 2.45) is 25.6 Å². The predicted octanol–water partition coefficient (Wildman–Crippen LogP) is 4.51. The lowest BCUT2D eigenvalue weighted by Gasteiger charge is -2.06. The minimum absolute atomic E-state index is 0.0631. The zero-order valence-corrected chi connectivity index (χ0v) is 16.6. The summed E-state index contributed by atoms with van der Waals surface area (Å²) in [5.41, 5.74) is 0.630. The summed E-state index contributed by atoms with van der Waals surface area (Å²) in [7, 11) is -3.82. The van der Waals surface area contributed by atoms with Gasteiger partial charge in [-0.05, 0) is 30.3 Å². The van der Waals surface area contributed by atoms with E-state index in [9.17, 15) is 23.6 Å². The quantitative estimate of drug-likeness (QED) is 0.312. The zero-order chi connectivity index (χ0) is 22.4. The molecule has 0 spiro atoms. The number of hydrogen-bond donors (Lipinski definition) is 2. The molecule has 31 heavy (non-hydrogen) atoms. The summed E-state index contributed by atoms with van der Waals surface area (Å²) in [6.45, 7) is 0. The van der Waals surface area contributed by atoms with Gasteiger partial charge >= 0.3 is 0 Å². The van der Waals surface area contributed by atoms with Crippen molar-refractivity contribution >= 4 is 27.1 Å². The maximum absolute atomic E-state index is 11.3. The maximum Gasteiger partial charge on any atom is 0.271 e. The second-order valence-corrected chi connectivity index (χ2v) is 7.75. The Labute approximate surface area is 176 Å². The Balaban J connectivity index is 1.91. The molecule has 0 amide bonds. The van der Waals surface area contributed by atoms with Gasteiger partial charge in [0.1, 0.15) is 11.4 Å². The number of benzene rings is 3. The molecule has 11 nitrogen and oxygen atoms in total. The summed E-state index contributed by atoms with van der Waals surface area (Å²) in [5.74, 6) is -0.281. The number of aromatic hydroxyl groups is 1. The average Bonchev–Trinajstić information content (AvgIpc) is 2.75. The number of sulfonamides is 1. The van der Waals surface area contributed by atoms with Crippen molar-refractivity contribution in [2.75, 3.05) is 0 Å². The summed E-state index contributed by atoms with van der Waals surface area (Å²) < 4.78 is 22.7. The van der Waals surface area contributed by atoms with Gasteiger partial charge in [-0.3, -0.25) is 10.1 Å². The van der Waals surface area contributed by atoms with Crippen molar-refractivity contribution in [3.63, 3.8) is 0 Å². The summed E-state index contributed by atoms with van der Waals surface area (Å²) in [6, 6.07) is 17.6. The average molecular weight is 440 g/mol. The van der Waals surface area contributed by atoms with E-state index >= 15 is 0 Å². The molecule has 3 N–H and O–H groups in total. The fourth-order valence-electron chi connectivity index (χ4n) is 2.43.